The second-order valence-electron chi connectivity index (χ2n) is 5.25. The number of nitrogens with one attached hydrogen (secondary N) is 2. The number of nitrogens with two attached hydrogens (primary N) is 1. The molecule has 0 aliphatic carbocycles. The summed E-state index contributed by atoms with van der Waals surface area (Å²) in [4.78, 5) is 45.9. The molecule has 0 aromatic heterocycles. The van der Waals surface area contributed by atoms with Crippen molar-refractivity contribution in [3.63, 3.8) is 0 Å². The molecule has 0 bridgehead atoms. The third kappa shape index (κ3) is 8.56. The molecule has 132 valence electrons. The van der Waals surface area contributed by atoms with Crippen LogP contribution < -0.4 is 16.4 Å². The maximum Gasteiger partial charge on any atom is 0.327 e. The quantitative estimate of drug-likeness (QED) is 0.318. The van der Waals surface area contributed by atoms with Crippen molar-refractivity contribution in [2.45, 2.75) is 57.7 Å². The molecule has 0 spiro atoms. The van der Waals surface area contributed by atoms with Gasteiger partial charge in [-0.05, 0) is 19.8 Å². The minimum Gasteiger partial charge on any atom is -0.480 e. The average Bonchev–Trinajstić information content (AvgIpc) is 2.49. The smallest absolute Gasteiger partial charge is 0.327 e. The fourth-order valence-corrected chi connectivity index (χ4v) is 1.97. The fourth-order valence-electron chi connectivity index (χ4n) is 1.72. The second-order valence-corrected chi connectivity index (χ2v) is 5.61. The Morgan fingerprint density at radius 1 is 1.13 bits per heavy atom. The molecule has 0 saturated heterocycles. The van der Waals surface area contributed by atoms with Gasteiger partial charge < -0.3 is 21.5 Å². The van der Waals surface area contributed by atoms with E-state index in [0.29, 0.717) is 6.42 Å². The van der Waals surface area contributed by atoms with Crippen LogP contribution in [0.5, 0.6) is 0 Å². The molecule has 0 fully saturated rings. The van der Waals surface area contributed by atoms with Gasteiger partial charge >= 0.3 is 5.97 Å². The van der Waals surface area contributed by atoms with Crippen LogP contribution in [0.3, 0.4) is 0 Å². The maximum absolute atomic E-state index is 11.9. The van der Waals surface area contributed by atoms with Crippen molar-refractivity contribution in [1.82, 2.24) is 10.6 Å². The first kappa shape index (κ1) is 21.4. The van der Waals surface area contributed by atoms with Crippen LogP contribution in [0, 0.1) is 0 Å². The zero-order valence-electron chi connectivity index (χ0n) is 13.4. The van der Waals surface area contributed by atoms with E-state index < -0.39 is 35.9 Å². The Bertz CT molecular complexity index is 444. The van der Waals surface area contributed by atoms with Crippen LogP contribution in [0.1, 0.15) is 39.5 Å². The molecule has 0 radical (unpaired) electrons. The first-order valence-electron chi connectivity index (χ1n) is 7.44. The van der Waals surface area contributed by atoms with E-state index in [1.807, 2.05) is 6.92 Å². The van der Waals surface area contributed by atoms with Gasteiger partial charge in [0.1, 0.15) is 17.9 Å². The van der Waals surface area contributed by atoms with Crippen LogP contribution in [-0.4, -0.2) is 52.6 Å². The van der Waals surface area contributed by atoms with Gasteiger partial charge in [0.25, 0.3) is 0 Å². The normalized spacial score (nSPS) is 14.4. The van der Waals surface area contributed by atoms with Crippen LogP contribution in [0.4, 0.5) is 0 Å². The number of carboxylic acid groups (broad SMARTS) is 1. The SMILES string of the molecule is CCCC(=O)CCC(N)C(=O)N[C@@H](C)C(=O)N[C@@H](CS)C(=O)O. The predicted molar refractivity (Wildman–Crippen MR) is 88.1 cm³/mol. The summed E-state index contributed by atoms with van der Waals surface area (Å²) in [6, 6.07) is -2.97. The Hall–Kier alpha value is -1.61. The zero-order valence-corrected chi connectivity index (χ0v) is 14.3. The highest BCUT2D eigenvalue weighted by molar-refractivity contribution is 7.80. The van der Waals surface area contributed by atoms with E-state index >= 15 is 0 Å². The number of aliphatic carboxylic acids is 1. The fraction of sp³-hybridized carbons (Fsp3) is 0.714. The Balaban J connectivity index is 4.33. The lowest BCUT2D eigenvalue weighted by molar-refractivity contribution is -0.141. The number of carbonyl (C=O) groups excluding carboxylic acids is 3. The first-order valence-corrected chi connectivity index (χ1v) is 8.07. The van der Waals surface area contributed by atoms with Crippen molar-refractivity contribution in [2.24, 2.45) is 5.73 Å². The summed E-state index contributed by atoms with van der Waals surface area (Å²) in [7, 11) is 0. The van der Waals surface area contributed by atoms with Crippen LogP contribution in [-0.2, 0) is 19.2 Å². The number of amides is 2. The summed E-state index contributed by atoms with van der Waals surface area (Å²) >= 11 is 3.83. The lowest BCUT2D eigenvalue weighted by Gasteiger charge is -2.19. The number of carboxylic acids is 1. The molecule has 2 amide bonds. The molecule has 0 rings (SSSR count). The largest absolute Gasteiger partial charge is 0.480 e. The Labute approximate surface area is 141 Å². The topological polar surface area (TPSA) is 139 Å². The van der Waals surface area contributed by atoms with Gasteiger partial charge in [0.05, 0.1) is 6.04 Å². The van der Waals surface area contributed by atoms with Gasteiger partial charge in [-0.25, -0.2) is 4.79 Å². The highest BCUT2D eigenvalue weighted by atomic mass is 32.1. The summed E-state index contributed by atoms with van der Waals surface area (Å²) < 4.78 is 0. The van der Waals surface area contributed by atoms with E-state index in [0.717, 1.165) is 6.42 Å². The highest BCUT2D eigenvalue weighted by Gasteiger charge is 2.24. The van der Waals surface area contributed by atoms with Gasteiger partial charge in [0.2, 0.25) is 11.8 Å². The number of carbonyl (C=O) groups is 4. The van der Waals surface area contributed by atoms with Crippen LogP contribution in [0.15, 0.2) is 0 Å². The van der Waals surface area contributed by atoms with Gasteiger partial charge in [-0.15, -0.1) is 0 Å². The molecule has 0 heterocycles. The average molecular weight is 347 g/mol. The molecule has 0 saturated carbocycles. The van der Waals surface area contributed by atoms with Crippen molar-refractivity contribution in [3.05, 3.63) is 0 Å². The molecule has 3 atom stereocenters. The summed E-state index contributed by atoms with van der Waals surface area (Å²) in [6.45, 7) is 3.31. The number of ketones is 1. The van der Waals surface area contributed by atoms with Crippen molar-refractivity contribution in [2.75, 3.05) is 5.75 Å². The molecular weight excluding hydrogens is 322 g/mol. The minimum absolute atomic E-state index is 0.0413. The van der Waals surface area contributed by atoms with Crippen LogP contribution in [0.25, 0.3) is 0 Å². The first-order chi connectivity index (χ1) is 10.7. The highest BCUT2D eigenvalue weighted by Crippen LogP contribution is 2.01. The standard InChI is InChI=1S/C14H25N3O5S/c1-3-4-9(18)5-6-10(15)13(20)16-8(2)12(19)17-11(7-23)14(21)22/h8,10-11,23H,3-7,15H2,1-2H3,(H,16,20)(H,17,19)(H,21,22)/t8-,10?,11-/m0/s1. The molecule has 1 unspecified atom stereocenters. The molecule has 8 nitrogen and oxygen atoms in total. The van der Waals surface area contributed by atoms with Crippen molar-refractivity contribution >= 4 is 36.2 Å². The molecular formula is C14H25N3O5S. The third-order valence-electron chi connectivity index (χ3n) is 3.15. The Kier molecular flexibility index (Phi) is 10.2. The van der Waals surface area contributed by atoms with E-state index in [9.17, 15) is 19.2 Å². The van der Waals surface area contributed by atoms with Crippen LogP contribution >= 0.6 is 12.6 Å². The minimum atomic E-state index is -1.21. The van der Waals surface area contributed by atoms with Crippen molar-refractivity contribution < 1.29 is 24.3 Å². The molecule has 5 N–H and O–H groups in total. The number of rotatable bonds is 11. The zero-order chi connectivity index (χ0) is 18.0. The van der Waals surface area contributed by atoms with E-state index in [1.54, 1.807) is 0 Å². The van der Waals surface area contributed by atoms with Crippen molar-refractivity contribution in [1.29, 1.82) is 0 Å². The number of hydrogen-bond acceptors (Lipinski definition) is 6. The van der Waals surface area contributed by atoms with E-state index in [2.05, 4.69) is 23.3 Å². The van der Waals surface area contributed by atoms with Gasteiger partial charge in [0, 0.05) is 18.6 Å². The lowest BCUT2D eigenvalue weighted by Crippen LogP contribution is -2.53. The molecule has 9 heteroatoms. The Morgan fingerprint density at radius 3 is 2.22 bits per heavy atom. The maximum atomic E-state index is 11.9. The Morgan fingerprint density at radius 2 is 1.74 bits per heavy atom. The summed E-state index contributed by atoms with van der Waals surface area (Å²) in [5, 5.41) is 13.5. The molecule has 0 aromatic rings. The molecule has 23 heavy (non-hydrogen) atoms. The third-order valence-corrected chi connectivity index (χ3v) is 3.51. The summed E-state index contributed by atoms with van der Waals surface area (Å²) in [5.41, 5.74) is 5.68. The second kappa shape index (κ2) is 11.0. The summed E-state index contributed by atoms with van der Waals surface area (Å²) in [5.74, 6) is -2.44. The molecule has 0 aromatic carbocycles. The molecule has 0 aliphatic rings. The van der Waals surface area contributed by atoms with E-state index in [4.69, 9.17) is 10.8 Å². The number of hydrogen-bond donors (Lipinski definition) is 5. The van der Waals surface area contributed by atoms with Gasteiger partial charge in [0.15, 0.2) is 0 Å². The number of Topliss-reactive ketones (excluding diaryl/α,β-unsaturated/α-hetero) is 1. The number of thiol groups is 1. The van der Waals surface area contributed by atoms with Crippen LogP contribution in [0.2, 0.25) is 0 Å². The van der Waals surface area contributed by atoms with Crippen molar-refractivity contribution in [3.8, 4) is 0 Å². The molecule has 0 aliphatic heterocycles. The van der Waals surface area contributed by atoms with Gasteiger partial charge in [-0.2, -0.15) is 12.6 Å². The predicted octanol–water partition coefficient (Wildman–Crippen LogP) is -0.533. The summed E-state index contributed by atoms with van der Waals surface area (Å²) in [6.07, 6.45) is 1.61. The lowest BCUT2D eigenvalue weighted by atomic mass is 10.1. The van der Waals surface area contributed by atoms with Gasteiger partial charge in [-0.1, -0.05) is 6.92 Å². The van der Waals surface area contributed by atoms with E-state index in [-0.39, 0.29) is 24.4 Å². The van der Waals surface area contributed by atoms with Gasteiger partial charge in [-0.3, -0.25) is 14.4 Å². The monoisotopic (exact) mass is 347 g/mol. The van der Waals surface area contributed by atoms with E-state index in [1.165, 1.54) is 6.92 Å².